The summed E-state index contributed by atoms with van der Waals surface area (Å²) in [5.74, 6) is 1.26. The molecule has 0 radical (unpaired) electrons. The summed E-state index contributed by atoms with van der Waals surface area (Å²) < 4.78 is 2.98. The molecule has 2 atom stereocenters. The first kappa shape index (κ1) is 12.8. The highest BCUT2D eigenvalue weighted by atomic mass is 79.9. The maximum atomic E-state index is 12.0. The number of Topliss-reactive ketones (excluding diaryl/α,β-unsaturated/α-hetero) is 1. The van der Waals surface area contributed by atoms with Crippen LogP contribution in [0.25, 0.3) is 0 Å². The quantitative estimate of drug-likeness (QED) is 0.837. The third-order valence-electron chi connectivity index (χ3n) is 3.56. The van der Waals surface area contributed by atoms with Crippen LogP contribution in [0.15, 0.2) is 4.47 Å². The van der Waals surface area contributed by atoms with E-state index in [2.05, 4.69) is 41.8 Å². The fourth-order valence-electron chi connectivity index (χ4n) is 2.25. The normalized spacial score (nSPS) is 22.8. The van der Waals surface area contributed by atoms with Crippen LogP contribution >= 0.6 is 15.9 Å². The van der Waals surface area contributed by atoms with E-state index < -0.39 is 0 Å². The molecule has 1 aliphatic rings. The second-order valence-electron chi connectivity index (χ2n) is 4.84. The summed E-state index contributed by atoms with van der Waals surface area (Å²) in [5.41, 5.74) is 2.10. The SMILES string of the molecule is CCc1nn(CC)c(CC(=O)C2CC2C)c1Br. The number of carbonyl (C=O) groups is 1. The molecule has 3 nitrogen and oxygen atoms in total. The fraction of sp³-hybridized carbons (Fsp3) is 0.692. The van der Waals surface area contributed by atoms with Gasteiger partial charge >= 0.3 is 0 Å². The fourth-order valence-corrected chi connectivity index (χ4v) is 2.96. The first-order valence-corrected chi connectivity index (χ1v) is 7.14. The van der Waals surface area contributed by atoms with Gasteiger partial charge in [-0.25, -0.2) is 0 Å². The lowest BCUT2D eigenvalue weighted by atomic mass is 10.1. The summed E-state index contributed by atoms with van der Waals surface area (Å²) in [7, 11) is 0. The molecule has 1 aromatic rings. The Balaban J connectivity index is 2.19. The van der Waals surface area contributed by atoms with Crippen LogP contribution in [-0.2, 0) is 24.2 Å². The summed E-state index contributed by atoms with van der Waals surface area (Å²) in [6.45, 7) is 7.11. The third kappa shape index (κ3) is 2.46. The van der Waals surface area contributed by atoms with Crippen molar-refractivity contribution in [1.29, 1.82) is 0 Å². The lowest BCUT2D eigenvalue weighted by Gasteiger charge is -2.04. The average molecular weight is 299 g/mol. The molecule has 0 aliphatic heterocycles. The van der Waals surface area contributed by atoms with Gasteiger partial charge in [0.05, 0.1) is 15.9 Å². The molecule has 94 valence electrons. The van der Waals surface area contributed by atoms with Crippen molar-refractivity contribution in [2.24, 2.45) is 11.8 Å². The summed E-state index contributed by atoms with van der Waals surface area (Å²) in [4.78, 5) is 12.0. The van der Waals surface area contributed by atoms with Crippen LogP contribution in [0.4, 0.5) is 0 Å². The number of nitrogens with zero attached hydrogens (tertiary/aromatic N) is 2. The van der Waals surface area contributed by atoms with Crippen LogP contribution in [0.2, 0.25) is 0 Å². The van der Waals surface area contributed by atoms with E-state index in [1.54, 1.807) is 0 Å². The highest BCUT2D eigenvalue weighted by molar-refractivity contribution is 9.10. The van der Waals surface area contributed by atoms with E-state index in [4.69, 9.17) is 0 Å². The molecule has 0 amide bonds. The molecule has 1 heterocycles. The lowest BCUT2D eigenvalue weighted by Crippen LogP contribution is -2.11. The van der Waals surface area contributed by atoms with Gasteiger partial charge in [0.1, 0.15) is 5.78 Å². The zero-order valence-corrected chi connectivity index (χ0v) is 12.2. The molecule has 0 saturated heterocycles. The Morgan fingerprint density at radius 2 is 2.18 bits per heavy atom. The molecule has 1 fully saturated rings. The molecule has 0 bridgehead atoms. The van der Waals surface area contributed by atoms with Crippen LogP contribution < -0.4 is 0 Å². The van der Waals surface area contributed by atoms with Crippen LogP contribution in [0.3, 0.4) is 0 Å². The molecule has 2 unspecified atom stereocenters. The predicted octanol–water partition coefficient (Wildman–Crippen LogP) is 3.00. The first-order valence-electron chi connectivity index (χ1n) is 6.35. The molecule has 1 aromatic heterocycles. The minimum atomic E-state index is 0.298. The molecule has 0 aromatic carbocycles. The zero-order chi connectivity index (χ0) is 12.6. The van der Waals surface area contributed by atoms with Crippen LogP contribution in [0.1, 0.15) is 38.6 Å². The number of aryl methyl sites for hydroxylation is 2. The van der Waals surface area contributed by atoms with E-state index in [1.165, 1.54) is 0 Å². The van der Waals surface area contributed by atoms with Crippen LogP contribution in [0, 0.1) is 11.8 Å². The third-order valence-corrected chi connectivity index (χ3v) is 4.47. The maximum absolute atomic E-state index is 12.0. The van der Waals surface area contributed by atoms with Gasteiger partial charge in [0.25, 0.3) is 0 Å². The van der Waals surface area contributed by atoms with Crippen LogP contribution in [-0.4, -0.2) is 15.6 Å². The number of hydrogen-bond acceptors (Lipinski definition) is 2. The Bertz CT molecular complexity index is 439. The number of carbonyl (C=O) groups excluding carboxylic acids is 1. The molecule has 17 heavy (non-hydrogen) atoms. The number of halogens is 1. The Morgan fingerprint density at radius 1 is 1.53 bits per heavy atom. The summed E-state index contributed by atoms with van der Waals surface area (Å²) in [6, 6.07) is 0. The average Bonchev–Trinajstić information content (AvgIpc) is 2.97. The highest BCUT2D eigenvalue weighted by Gasteiger charge is 2.39. The Labute approximate surface area is 111 Å². The smallest absolute Gasteiger partial charge is 0.142 e. The second-order valence-corrected chi connectivity index (χ2v) is 5.63. The number of rotatable bonds is 5. The van der Waals surface area contributed by atoms with E-state index in [9.17, 15) is 4.79 Å². The molecule has 1 aliphatic carbocycles. The summed E-state index contributed by atoms with van der Waals surface area (Å²) in [6.07, 6.45) is 2.49. The topological polar surface area (TPSA) is 34.9 Å². The molecule has 2 rings (SSSR count). The number of aromatic nitrogens is 2. The Kier molecular flexibility index (Phi) is 3.71. The summed E-state index contributed by atoms with van der Waals surface area (Å²) in [5, 5.41) is 4.52. The number of hydrogen-bond donors (Lipinski definition) is 0. The molecular weight excluding hydrogens is 280 g/mol. The monoisotopic (exact) mass is 298 g/mol. The lowest BCUT2D eigenvalue weighted by molar-refractivity contribution is -0.119. The standard InChI is InChI=1S/C13H19BrN2O/c1-4-10-13(14)11(16(5-2)15-10)7-12(17)9-6-8(9)3/h8-9H,4-7H2,1-3H3. The number of ketones is 1. The van der Waals surface area contributed by atoms with Gasteiger partial charge in [-0.1, -0.05) is 13.8 Å². The van der Waals surface area contributed by atoms with Gasteiger partial charge in [0.15, 0.2) is 0 Å². The van der Waals surface area contributed by atoms with E-state index in [0.717, 1.165) is 35.2 Å². The van der Waals surface area contributed by atoms with Gasteiger partial charge < -0.3 is 0 Å². The minimum Gasteiger partial charge on any atom is -0.299 e. The first-order chi connectivity index (χ1) is 8.08. The van der Waals surface area contributed by atoms with E-state index in [1.807, 2.05) is 4.68 Å². The van der Waals surface area contributed by atoms with Crippen molar-refractivity contribution in [3.05, 3.63) is 15.9 Å². The van der Waals surface area contributed by atoms with Crippen molar-refractivity contribution in [1.82, 2.24) is 9.78 Å². The van der Waals surface area contributed by atoms with Crippen molar-refractivity contribution in [3.8, 4) is 0 Å². The van der Waals surface area contributed by atoms with Gasteiger partial charge in [-0.15, -0.1) is 0 Å². The van der Waals surface area contributed by atoms with Gasteiger partial charge in [-0.2, -0.15) is 5.10 Å². The maximum Gasteiger partial charge on any atom is 0.142 e. The van der Waals surface area contributed by atoms with E-state index in [0.29, 0.717) is 24.0 Å². The van der Waals surface area contributed by atoms with E-state index in [-0.39, 0.29) is 0 Å². The van der Waals surface area contributed by atoms with Gasteiger partial charge in [0, 0.05) is 18.9 Å². The largest absolute Gasteiger partial charge is 0.299 e. The molecule has 0 spiro atoms. The molecule has 0 N–H and O–H groups in total. The zero-order valence-electron chi connectivity index (χ0n) is 10.7. The van der Waals surface area contributed by atoms with Crippen molar-refractivity contribution in [2.45, 2.75) is 46.6 Å². The van der Waals surface area contributed by atoms with Crippen LogP contribution in [0.5, 0.6) is 0 Å². The van der Waals surface area contributed by atoms with Crippen molar-refractivity contribution >= 4 is 21.7 Å². The molecule has 4 heteroatoms. The highest BCUT2D eigenvalue weighted by Crippen LogP contribution is 2.39. The summed E-state index contributed by atoms with van der Waals surface area (Å²) >= 11 is 3.58. The van der Waals surface area contributed by atoms with Gasteiger partial charge in [-0.3, -0.25) is 9.48 Å². The van der Waals surface area contributed by atoms with Gasteiger partial charge in [0.2, 0.25) is 0 Å². The van der Waals surface area contributed by atoms with Crippen molar-refractivity contribution < 1.29 is 4.79 Å². The minimum absolute atomic E-state index is 0.298. The van der Waals surface area contributed by atoms with E-state index >= 15 is 0 Å². The predicted molar refractivity (Wildman–Crippen MR) is 71.0 cm³/mol. The van der Waals surface area contributed by atoms with Crippen molar-refractivity contribution in [3.63, 3.8) is 0 Å². The van der Waals surface area contributed by atoms with Gasteiger partial charge in [-0.05, 0) is 41.6 Å². The Hall–Kier alpha value is -0.640. The molecule has 1 saturated carbocycles. The van der Waals surface area contributed by atoms with Crippen molar-refractivity contribution in [2.75, 3.05) is 0 Å². The second kappa shape index (κ2) is 4.92. The molecular formula is C13H19BrN2O. The Morgan fingerprint density at radius 3 is 2.65 bits per heavy atom.